The average molecular weight is 359 g/mol. The maximum atomic E-state index is 13.4. The first-order valence-electron chi connectivity index (χ1n) is 10.3. The van der Waals surface area contributed by atoms with Gasteiger partial charge in [0.1, 0.15) is 5.76 Å². The molecular formula is C20H29N3O3. The van der Waals surface area contributed by atoms with Crippen molar-refractivity contribution in [2.75, 3.05) is 32.8 Å². The third-order valence-electron chi connectivity index (χ3n) is 6.78. The second kappa shape index (κ2) is 6.64. The zero-order valence-electron chi connectivity index (χ0n) is 15.5. The Morgan fingerprint density at radius 3 is 2.81 bits per heavy atom. The van der Waals surface area contributed by atoms with Gasteiger partial charge >= 0.3 is 0 Å². The molecule has 0 aromatic carbocycles. The summed E-state index contributed by atoms with van der Waals surface area (Å²) in [4.78, 5) is 18.0. The Morgan fingerprint density at radius 1 is 1.15 bits per heavy atom. The van der Waals surface area contributed by atoms with Crippen molar-refractivity contribution >= 4 is 5.91 Å². The molecule has 1 aliphatic carbocycles. The van der Waals surface area contributed by atoms with Crippen molar-refractivity contribution in [3.8, 4) is 0 Å². The molecule has 1 atom stereocenters. The predicted octanol–water partition coefficient (Wildman–Crippen LogP) is 2.55. The van der Waals surface area contributed by atoms with E-state index in [1.807, 2.05) is 0 Å². The number of amides is 1. The normalized spacial score (nSPS) is 31.2. The number of hydrogen-bond donors (Lipinski definition) is 0. The first-order valence-corrected chi connectivity index (χ1v) is 10.3. The minimum Gasteiger partial charge on any atom is -0.381 e. The summed E-state index contributed by atoms with van der Waals surface area (Å²) in [6.07, 6.45) is 7.61. The lowest BCUT2D eigenvalue weighted by atomic mass is 9.77. The zero-order valence-corrected chi connectivity index (χ0v) is 15.5. The van der Waals surface area contributed by atoms with E-state index in [0.717, 1.165) is 83.0 Å². The first-order chi connectivity index (χ1) is 12.7. The molecule has 4 fully saturated rings. The van der Waals surface area contributed by atoms with Gasteiger partial charge in [-0.2, -0.15) is 0 Å². The van der Waals surface area contributed by atoms with E-state index in [1.54, 1.807) is 0 Å². The highest BCUT2D eigenvalue weighted by atomic mass is 16.5. The minimum atomic E-state index is -0.167. The number of carbonyl (C=O) groups excluding carboxylic acids is 1. The standard InChI is InChI=1S/C20H29N3O3/c24-19-20(6-1-8-23(19)17-4-10-25-11-5-17)7-9-22(14-20)13-16-12-18(26-21-16)15-2-3-15/h12,15,17H,1-11,13-14H2. The fourth-order valence-electron chi connectivity index (χ4n) is 5.11. The summed E-state index contributed by atoms with van der Waals surface area (Å²) in [6.45, 7) is 5.18. The first kappa shape index (κ1) is 16.8. The van der Waals surface area contributed by atoms with Gasteiger partial charge in [-0.15, -0.1) is 0 Å². The van der Waals surface area contributed by atoms with Crippen molar-refractivity contribution in [3.05, 3.63) is 17.5 Å². The van der Waals surface area contributed by atoms with Crippen molar-refractivity contribution < 1.29 is 14.1 Å². The molecule has 1 aromatic rings. The Morgan fingerprint density at radius 2 is 2.00 bits per heavy atom. The molecule has 142 valence electrons. The summed E-state index contributed by atoms with van der Waals surface area (Å²) in [7, 11) is 0. The Hall–Kier alpha value is -1.40. The van der Waals surface area contributed by atoms with Crippen molar-refractivity contribution in [2.45, 2.75) is 63.5 Å². The van der Waals surface area contributed by atoms with Gasteiger partial charge < -0.3 is 14.2 Å². The average Bonchev–Trinajstić information content (AvgIpc) is 3.29. The van der Waals surface area contributed by atoms with Crippen LogP contribution in [-0.4, -0.2) is 59.8 Å². The highest BCUT2D eigenvalue weighted by molar-refractivity contribution is 5.84. The summed E-state index contributed by atoms with van der Waals surface area (Å²) in [5.41, 5.74) is 0.855. The number of nitrogens with zero attached hydrogens (tertiary/aromatic N) is 3. The molecule has 1 aromatic heterocycles. The Bertz CT molecular complexity index is 665. The molecular weight excluding hydrogens is 330 g/mol. The monoisotopic (exact) mass is 359 g/mol. The number of hydrogen-bond acceptors (Lipinski definition) is 5. The minimum absolute atomic E-state index is 0.167. The second-order valence-electron chi connectivity index (χ2n) is 8.68. The van der Waals surface area contributed by atoms with Crippen molar-refractivity contribution in [2.24, 2.45) is 5.41 Å². The zero-order chi connectivity index (χ0) is 17.6. The van der Waals surface area contributed by atoms with Gasteiger partial charge in [-0.25, -0.2) is 0 Å². The van der Waals surface area contributed by atoms with Crippen LogP contribution in [-0.2, 0) is 16.1 Å². The smallest absolute Gasteiger partial charge is 0.230 e. The Labute approximate surface area is 154 Å². The quantitative estimate of drug-likeness (QED) is 0.827. The molecule has 5 rings (SSSR count). The maximum Gasteiger partial charge on any atom is 0.230 e. The van der Waals surface area contributed by atoms with Crippen LogP contribution in [0.3, 0.4) is 0 Å². The molecule has 26 heavy (non-hydrogen) atoms. The number of aromatic nitrogens is 1. The molecule has 0 N–H and O–H groups in total. The largest absolute Gasteiger partial charge is 0.381 e. The van der Waals surface area contributed by atoms with E-state index in [4.69, 9.17) is 9.26 Å². The third-order valence-corrected chi connectivity index (χ3v) is 6.78. The molecule has 0 bridgehead atoms. The Balaban J connectivity index is 1.24. The fourth-order valence-corrected chi connectivity index (χ4v) is 5.11. The van der Waals surface area contributed by atoms with Gasteiger partial charge in [0.25, 0.3) is 0 Å². The fraction of sp³-hybridized carbons (Fsp3) is 0.800. The lowest BCUT2D eigenvalue weighted by molar-refractivity contribution is -0.150. The van der Waals surface area contributed by atoms with Gasteiger partial charge in [0.2, 0.25) is 5.91 Å². The van der Waals surface area contributed by atoms with Crippen LogP contribution < -0.4 is 0 Å². The molecule has 0 radical (unpaired) electrons. The summed E-state index contributed by atoms with van der Waals surface area (Å²) in [5.74, 6) is 2.06. The second-order valence-corrected chi connectivity index (χ2v) is 8.68. The Kier molecular flexibility index (Phi) is 4.28. The maximum absolute atomic E-state index is 13.4. The van der Waals surface area contributed by atoms with Crippen LogP contribution in [0.25, 0.3) is 0 Å². The van der Waals surface area contributed by atoms with Crippen molar-refractivity contribution in [1.82, 2.24) is 15.0 Å². The van der Waals surface area contributed by atoms with Crippen molar-refractivity contribution in [3.63, 3.8) is 0 Å². The number of likely N-dealkylation sites (tertiary alicyclic amines) is 2. The molecule has 6 heteroatoms. The summed E-state index contributed by atoms with van der Waals surface area (Å²) >= 11 is 0. The van der Waals surface area contributed by atoms with Crippen molar-refractivity contribution in [1.29, 1.82) is 0 Å². The summed E-state index contributed by atoms with van der Waals surface area (Å²) in [6, 6.07) is 2.51. The van der Waals surface area contributed by atoms with Crippen LogP contribution in [0, 0.1) is 5.41 Å². The number of piperidine rings is 1. The number of ether oxygens (including phenoxy) is 1. The molecule has 1 spiro atoms. The van der Waals surface area contributed by atoms with Crippen LogP contribution >= 0.6 is 0 Å². The van der Waals surface area contributed by atoms with E-state index in [0.29, 0.717) is 17.9 Å². The lowest BCUT2D eigenvalue weighted by Crippen LogP contribution is -2.54. The van der Waals surface area contributed by atoms with E-state index < -0.39 is 0 Å². The van der Waals surface area contributed by atoms with E-state index in [-0.39, 0.29) is 5.41 Å². The molecule has 3 aliphatic heterocycles. The van der Waals surface area contributed by atoms with Crippen LogP contribution in [0.2, 0.25) is 0 Å². The highest BCUT2D eigenvalue weighted by Gasteiger charge is 2.49. The van der Waals surface area contributed by atoms with Crippen LogP contribution in [0.5, 0.6) is 0 Å². The van der Waals surface area contributed by atoms with Crippen LogP contribution in [0.15, 0.2) is 10.6 Å². The molecule has 1 amide bonds. The topological polar surface area (TPSA) is 58.8 Å². The van der Waals surface area contributed by atoms with E-state index >= 15 is 0 Å². The molecule has 6 nitrogen and oxygen atoms in total. The van der Waals surface area contributed by atoms with E-state index in [2.05, 4.69) is 21.0 Å². The molecule has 4 aliphatic rings. The SMILES string of the molecule is O=C1N(C2CCOCC2)CCCC12CCN(Cc1cc(C3CC3)on1)C2. The third kappa shape index (κ3) is 3.07. The molecule has 1 saturated carbocycles. The predicted molar refractivity (Wildman–Crippen MR) is 95.6 cm³/mol. The van der Waals surface area contributed by atoms with Gasteiger partial charge in [0.15, 0.2) is 0 Å². The van der Waals surface area contributed by atoms with Crippen LogP contribution in [0.4, 0.5) is 0 Å². The molecule has 1 unspecified atom stereocenters. The number of carbonyl (C=O) groups is 1. The van der Waals surface area contributed by atoms with Crippen LogP contribution in [0.1, 0.15) is 62.3 Å². The number of rotatable bonds is 4. The van der Waals surface area contributed by atoms with Gasteiger partial charge in [-0.05, 0) is 51.5 Å². The van der Waals surface area contributed by atoms with Gasteiger partial charge in [0, 0.05) is 50.9 Å². The van der Waals surface area contributed by atoms with E-state index in [9.17, 15) is 4.79 Å². The molecule has 3 saturated heterocycles. The van der Waals surface area contributed by atoms with Gasteiger partial charge in [-0.1, -0.05) is 5.16 Å². The summed E-state index contributed by atoms with van der Waals surface area (Å²) in [5, 5.41) is 4.26. The van der Waals surface area contributed by atoms with Gasteiger partial charge in [0.05, 0.1) is 11.1 Å². The summed E-state index contributed by atoms with van der Waals surface area (Å²) < 4.78 is 11.0. The van der Waals surface area contributed by atoms with Gasteiger partial charge in [-0.3, -0.25) is 9.69 Å². The lowest BCUT2D eigenvalue weighted by Gasteiger charge is -2.44. The highest BCUT2D eigenvalue weighted by Crippen LogP contribution is 2.43. The molecule has 4 heterocycles. The van der Waals surface area contributed by atoms with E-state index in [1.165, 1.54) is 12.8 Å².